The number of aliphatic hydroxyl groups excluding tert-OH is 1. The van der Waals surface area contributed by atoms with Gasteiger partial charge in [0.2, 0.25) is 5.91 Å². The predicted octanol–water partition coefficient (Wildman–Crippen LogP) is 4.79. The van der Waals surface area contributed by atoms with Crippen molar-refractivity contribution in [1.82, 2.24) is 10.6 Å². The molecule has 1 fully saturated rings. The van der Waals surface area contributed by atoms with E-state index >= 15 is 0 Å². The lowest BCUT2D eigenvalue weighted by molar-refractivity contribution is -0.120. The van der Waals surface area contributed by atoms with Crippen molar-refractivity contribution in [2.45, 2.75) is 82.9 Å². The Morgan fingerprint density at radius 3 is 2.33 bits per heavy atom. The second-order valence-electron chi connectivity index (χ2n) is 9.55. The zero-order valence-corrected chi connectivity index (χ0v) is 20.8. The van der Waals surface area contributed by atoms with Crippen molar-refractivity contribution >= 4 is 18.3 Å². The van der Waals surface area contributed by atoms with Crippen LogP contribution in [0.5, 0.6) is 5.75 Å². The number of hydrogen-bond acceptors (Lipinski definition) is 4. The van der Waals surface area contributed by atoms with E-state index in [-0.39, 0.29) is 29.6 Å². The first kappa shape index (κ1) is 27.2. The molecule has 3 rings (SSSR count). The molecule has 1 amide bonds. The molecule has 0 spiro atoms. The molecule has 2 aromatic rings. The van der Waals surface area contributed by atoms with Gasteiger partial charge in [0.05, 0.1) is 12.1 Å². The molecular weight excluding hydrogens is 436 g/mol. The smallest absolute Gasteiger partial charge is 0.217 e. The molecule has 0 aromatic heterocycles. The summed E-state index contributed by atoms with van der Waals surface area (Å²) in [6.07, 6.45) is 5.42. The third kappa shape index (κ3) is 7.46. The van der Waals surface area contributed by atoms with E-state index in [2.05, 4.69) is 48.7 Å². The second kappa shape index (κ2) is 12.4. The highest BCUT2D eigenvalue weighted by molar-refractivity contribution is 5.85. The van der Waals surface area contributed by atoms with Gasteiger partial charge in [-0.1, -0.05) is 69.5 Å². The van der Waals surface area contributed by atoms with Gasteiger partial charge >= 0.3 is 0 Å². The minimum Gasteiger partial charge on any atom is -0.508 e. The van der Waals surface area contributed by atoms with Gasteiger partial charge in [-0.05, 0) is 54.0 Å². The fraction of sp³-hybridized carbons (Fsp3) is 0.519. The molecule has 5 nitrogen and oxygen atoms in total. The van der Waals surface area contributed by atoms with E-state index in [0.29, 0.717) is 18.9 Å². The molecule has 1 aliphatic rings. The van der Waals surface area contributed by atoms with Crippen LogP contribution in [-0.2, 0) is 16.8 Å². The quantitative estimate of drug-likeness (QED) is 0.421. The van der Waals surface area contributed by atoms with Crippen LogP contribution in [0.3, 0.4) is 0 Å². The SMILES string of the molecule is CC(=O)N[C@@H](Cc1ccc(O)cc1)[C@@H](O)CNC1(c2cccc(C(C)C)c2)CCCCC1.Cl. The average Bonchev–Trinajstić information content (AvgIpc) is 2.79. The Morgan fingerprint density at radius 2 is 1.73 bits per heavy atom. The number of benzene rings is 2. The first-order valence-corrected chi connectivity index (χ1v) is 11.9. The van der Waals surface area contributed by atoms with Gasteiger partial charge in [-0.25, -0.2) is 0 Å². The molecule has 6 heteroatoms. The molecule has 1 saturated carbocycles. The zero-order chi connectivity index (χ0) is 23.1. The maximum atomic E-state index is 11.8. The number of hydrogen-bond donors (Lipinski definition) is 4. The highest BCUT2D eigenvalue weighted by atomic mass is 35.5. The number of halogens is 1. The summed E-state index contributed by atoms with van der Waals surface area (Å²) in [5.41, 5.74) is 3.43. The van der Waals surface area contributed by atoms with Crippen LogP contribution in [-0.4, -0.2) is 34.8 Å². The number of aromatic hydroxyl groups is 1. The number of carbonyl (C=O) groups excluding carboxylic acids is 1. The Balaban J connectivity index is 0.00000385. The Bertz CT molecular complexity index is 879. The van der Waals surface area contributed by atoms with Crippen LogP contribution < -0.4 is 10.6 Å². The van der Waals surface area contributed by atoms with Crippen molar-refractivity contribution in [3.63, 3.8) is 0 Å². The van der Waals surface area contributed by atoms with E-state index in [1.54, 1.807) is 12.1 Å². The Labute approximate surface area is 204 Å². The first-order valence-electron chi connectivity index (χ1n) is 11.9. The molecule has 33 heavy (non-hydrogen) atoms. The summed E-state index contributed by atoms with van der Waals surface area (Å²) in [5.74, 6) is 0.510. The van der Waals surface area contributed by atoms with Crippen molar-refractivity contribution in [2.24, 2.45) is 0 Å². The van der Waals surface area contributed by atoms with E-state index in [1.165, 1.54) is 24.5 Å². The number of amides is 1. The molecular formula is C27H39ClN2O3. The van der Waals surface area contributed by atoms with Crippen LogP contribution in [0.15, 0.2) is 48.5 Å². The third-order valence-electron chi connectivity index (χ3n) is 6.71. The molecule has 0 saturated heterocycles. The zero-order valence-electron chi connectivity index (χ0n) is 20.0. The molecule has 1 aliphatic carbocycles. The summed E-state index contributed by atoms with van der Waals surface area (Å²) >= 11 is 0. The van der Waals surface area contributed by atoms with Crippen molar-refractivity contribution < 1.29 is 15.0 Å². The summed E-state index contributed by atoms with van der Waals surface area (Å²) in [6, 6.07) is 15.3. The van der Waals surface area contributed by atoms with Gasteiger partial charge in [-0.15, -0.1) is 12.4 Å². The number of phenols is 1. The number of phenolic OH excluding ortho intramolecular Hbond substituents is 1. The van der Waals surface area contributed by atoms with Gasteiger partial charge in [0.25, 0.3) is 0 Å². The monoisotopic (exact) mass is 474 g/mol. The largest absolute Gasteiger partial charge is 0.508 e. The van der Waals surface area contributed by atoms with E-state index < -0.39 is 12.1 Å². The van der Waals surface area contributed by atoms with E-state index in [4.69, 9.17) is 0 Å². The second-order valence-corrected chi connectivity index (χ2v) is 9.55. The average molecular weight is 475 g/mol. The number of aliphatic hydroxyl groups is 1. The Morgan fingerprint density at radius 1 is 1.06 bits per heavy atom. The maximum absolute atomic E-state index is 11.8. The van der Waals surface area contributed by atoms with Crippen LogP contribution in [0.2, 0.25) is 0 Å². The summed E-state index contributed by atoms with van der Waals surface area (Å²) in [4.78, 5) is 11.8. The van der Waals surface area contributed by atoms with Gasteiger partial charge in [0, 0.05) is 19.0 Å². The van der Waals surface area contributed by atoms with Crippen LogP contribution >= 0.6 is 12.4 Å². The number of nitrogens with one attached hydrogen (secondary N) is 2. The lowest BCUT2D eigenvalue weighted by Gasteiger charge is -2.40. The molecule has 0 bridgehead atoms. The van der Waals surface area contributed by atoms with Gasteiger partial charge in [0.1, 0.15) is 5.75 Å². The lowest BCUT2D eigenvalue weighted by Crippen LogP contribution is -2.53. The molecule has 0 unspecified atom stereocenters. The summed E-state index contributed by atoms with van der Waals surface area (Å²) in [6.45, 7) is 6.30. The molecule has 182 valence electrons. The maximum Gasteiger partial charge on any atom is 0.217 e. The standard InChI is InChI=1S/C27H38N2O3.ClH/c1-19(2)22-8-7-9-23(17-22)27(14-5-4-6-15-27)28-18-26(32)25(29-20(3)30)16-21-10-12-24(31)13-11-21;/h7-13,17,19,25-26,28,31-32H,4-6,14-16,18H2,1-3H3,(H,29,30);1H/t25-,26-;/m0./s1. The lowest BCUT2D eigenvalue weighted by atomic mass is 9.75. The van der Waals surface area contributed by atoms with E-state index in [1.807, 2.05) is 12.1 Å². The van der Waals surface area contributed by atoms with E-state index in [0.717, 1.165) is 31.2 Å². The van der Waals surface area contributed by atoms with Crippen LogP contribution in [0.1, 0.15) is 75.5 Å². The predicted molar refractivity (Wildman–Crippen MR) is 136 cm³/mol. The van der Waals surface area contributed by atoms with Crippen molar-refractivity contribution in [1.29, 1.82) is 0 Å². The van der Waals surface area contributed by atoms with Gasteiger partial charge in [-0.2, -0.15) is 0 Å². The Kier molecular flexibility index (Phi) is 10.2. The highest BCUT2D eigenvalue weighted by Gasteiger charge is 2.35. The van der Waals surface area contributed by atoms with Crippen molar-refractivity contribution in [3.8, 4) is 5.75 Å². The number of carbonyl (C=O) groups is 1. The van der Waals surface area contributed by atoms with Gasteiger partial charge < -0.3 is 20.8 Å². The molecule has 0 radical (unpaired) electrons. The third-order valence-corrected chi connectivity index (χ3v) is 6.71. The number of rotatable bonds is 9. The Hall–Kier alpha value is -2.08. The molecule has 4 N–H and O–H groups in total. The van der Waals surface area contributed by atoms with Crippen molar-refractivity contribution in [3.05, 3.63) is 65.2 Å². The fourth-order valence-corrected chi connectivity index (χ4v) is 4.79. The van der Waals surface area contributed by atoms with Crippen LogP contribution in [0.4, 0.5) is 0 Å². The van der Waals surface area contributed by atoms with Crippen LogP contribution in [0.25, 0.3) is 0 Å². The molecule has 2 atom stereocenters. The van der Waals surface area contributed by atoms with Crippen LogP contribution in [0, 0.1) is 0 Å². The molecule has 0 aliphatic heterocycles. The van der Waals surface area contributed by atoms with E-state index in [9.17, 15) is 15.0 Å². The normalized spacial score (nSPS) is 17.1. The van der Waals surface area contributed by atoms with Gasteiger partial charge in [-0.3, -0.25) is 4.79 Å². The minimum atomic E-state index is -0.736. The summed E-state index contributed by atoms with van der Waals surface area (Å²) < 4.78 is 0. The minimum absolute atomic E-state index is 0. The molecule has 2 aromatic carbocycles. The van der Waals surface area contributed by atoms with Crippen molar-refractivity contribution in [2.75, 3.05) is 6.54 Å². The first-order chi connectivity index (χ1) is 15.3. The highest BCUT2D eigenvalue weighted by Crippen LogP contribution is 2.38. The fourth-order valence-electron chi connectivity index (χ4n) is 4.79. The topological polar surface area (TPSA) is 81.6 Å². The summed E-state index contributed by atoms with van der Waals surface area (Å²) in [7, 11) is 0. The summed E-state index contributed by atoms with van der Waals surface area (Å²) in [5, 5.41) is 27.3. The van der Waals surface area contributed by atoms with Gasteiger partial charge in [0.15, 0.2) is 0 Å². The molecule has 0 heterocycles.